The van der Waals surface area contributed by atoms with Crippen LogP contribution >= 0.6 is 0 Å². The lowest BCUT2D eigenvalue weighted by Gasteiger charge is -2.20. The number of benzene rings is 1. The highest BCUT2D eigenvalue weighted by atomic mass is 16.3. The first-order valence-electron chi connectivity index (χ1n) is 6.90. The number of nitrogens with zero attached hydrogens (tertiary/aromatic N) is 1. The molecule has 0 atom stereocenters. The van der Waals surface area contributed by atoms with Gasteiger partial charge in [-0.15, -0.1) is 0 Å². The monoisotopic (exact) mass is 273 g/mol. The van der Waals surface area contributed by atoms with E-state index in [1.807, 2.05) is 39.0 Å². The molecule has 5 nitrogen and oxygen atoms in total. The highest BCUT2D eigenvalue weighted by Crippen LogP contribution is 2.40. The summed E-state index contributed by atoms with van der Waals surface area (Å²) in [6.45, 7) is 5.82. The van der Waals surface area contributed by atoms with E-state index < -0.39 is 0 Å². The molecule has 1 aliphatic carbocycles. The second-order valence-corrected chi connectivity index (χ2v) is 6.34. The van der Waals surface area contributed by atoms with E-state index in [2.05, 4.69) is 15.6 Å². The van der Waals surface area contributed by atoms with Crippen LogP contribution < -0.4 is 10.6 Å². The van der Waals surface area contributed by atoms with Crippen molar-refractivity contribution in [2.75, 3.05) is 5.32 Å². The Labute approximate surface area is 117 Å². The molecular weight excluding hydrogens is 254 g/mol. The number of oxazole rings is 1. The lowest BCUT2D eigenvalue weighted by atomic mass is 10.1. The van der Waals surface area contributed by atoms with Gasteiger partial charge in [-0.1, -0.05) is 0 Å². The van der Waals surface area contributed by atoms with Gasteiger partial charge in [0, 0.05) is 17.1 Å². The van der Waals surface area contributed by atoms with Crippen LogP contribution in [0.4, 0.5) is 10.5 Å². The van der Waals surface area contributed by atoms with E-state index in [-0.39, 0.29) is 11.6 Å². The Hall–Kier alpha value is -2.04. The number of amides is 2. The summed E-state index contributed by atoms with van der Waals surface area (Å²) in [6.07, 6.45) is 2.32. The van der Waals surface area contributed by atoms with Gasteiger partial charge in [-0.05, 0) is 51.8 Å². The van der Waals surface area contributed by atoms with Crippen molar-refractivity contribution in [1.29, 1.82) is 0 Å². The van der Waals surface area contributed by atoms with E-state index in [1.54, 1.807) is 0 Å². The fourth-order valence-corrected chi connectivity index (χ4v) is 2.03. The van der Waals surface area contributed by atoms with Crippen LogP contribution in [0.5, 0.6) is 0 Å². The van der Waals surface area contributed by atoms with E-state index in [9.17, 15) is 4.79 Å². The number of hydrogen-bond donors (Lipinski definition) is 2. The molecule has 0 bridgehead atoms. The van der Waals surface area contributed by atoms with Gasteiger partial charge in [0.15, 0.2) is 11.5 Å². The molecule has 1 heterocycles. The maximum Gasteiger partial charge on any atom is 0.319 e. The molecule has 2 aromatic rings. The van der Waals surface area contributed by atoms with E-state index in [4.69, 9.17) is 4.42 Å². The van der Waals surface area contributed by atoms with Gasteiger partial charge < -0.3 is 15.1 Å². The van der Waals surface area contributed by atoms with Crippen LogP contribution in [-0.2, 0) is 0 Å². The average Bonchev–Trinajstić information content (AvgIpc) is 3.07. The van der Waals surface area contributed by atoms with Crippen molar-refractivity contribution in [3.63, 3.8) is 0 Å². The SMILES string of the molecule is CC(C)(C)NC(=O)Nc1ccc2oc(C3CC3)nc2c1. The number of carbonyl (C=O) groups is 1. The third-order valence-corrected chi connectivity index (χ3v) is 3.08. The molecule has 0 unspecified atom stereocenters. The van der Waals surface area contributed by atoms with Crippen molar-refractivity contribution >= 4 is 22.8 Å². The summed E-state index contributed by atoms with van der Waals surface area (Å²) in [5, 5.41) is 5.67. The zero-order valence-electron chi connectivity index (χ0n) is 12.0. The van der Waals surface area contributed by atoms with Crippen molar-refractivity contribution in [2.45, 2.75) is 45.1 Å². The summed E-state index contributed by atoms with van der Waals surface area (Å²) in [5.74, 6) is 1.30. The Morgan fingerprint density at radius 2 is 2.10 bits per heavy atom. The van der Waals surface area contributed by atoms with Gasteiger partial charge in [-0.2, -0.15) is 0 Å². The summed E-state index contributed by atoms with van der Waals surface area (Å²) in [6, 6.07) is 5.29. The number of fused-ring (bicyclic) bond motifs is 1. The van der Waals surface area contributed by atoms with Gasteiger partial charge in [0.05, 0.1) is 0 Å². The Kier molecular flexibility index (Phi) is 2.92. The Morgan fingerprint density at radius 1 is 1.35 bits per heavy atom. The highest BCUT2D eigenvalue weighted by molar-refractivity contribution is 5.91. The first-order chi connectivity index (χ1) is 9.40. The molecule has 0 aliphatic heterocycles. The topological polar surface area (TPSA) is 67.2 Å². The normalized spacial score (nSPS) is 15.3. The lowest BCUT2D eigenvalue weighted by molar-refractivity contribution is 0.244. The number of hydrogen-bond acceptors (Lipinski definition) is 3. The zero-order valence-corrected chi connectivity index (χ0v) is 12.0. The molecule has 1 aromatic carbocycles. The van der Waals surface area contributed by atoms with Crippen molar-refractivity contribution in [3.05, 3.63) is 24.1 Å². The van der Waals surface area contributed by atoms with Gasteiger partial charge in [-0.25, -0.2) is 9.78 Å². The summed E-state index contributed by atoms with van der Waals surface area (Å²) in [4.78, 5) is 16.3. The van der Waals surface area contributed by atoms with Crippen LogP contribution in [0, 0.1) is 0 Å². The molecule has 5 heteroatoms. The molecule has 0 radical (unpaired) electrons. The molecule has 1 aromatic heterocycles. The van der Waals surface area contributed by atoms with Crippen molar-refractivity contribution < 1.29 is 9.21 Å². The number of rotatable bonds is 2. The summed E-state index contributed by atoms with van der Waals surface area (Å²) < 4.78 is 5.69. The fraction of sp³-hybridized carbons (Fsp3) is 0.467. The number of urea groups is 1. The van der Waals surface area contributed by atoms with Crippen LogP contribution in [0.3, 0.4) is 0 Å². The summed E-state index contributed by atoms with van der Waals surface area (Å²) >= 11 is 0. The quantitative estimate of drug-likeness (QED) is 0.878. The maximum atomic E-state index is 11.8. The molecule has 0 spiro atoms. The molecule has 20 heavy (non-hydrogen) atoms. The highest BCUT2D eigenvalue weighted by Gasteiger charge is 2.28. The van der Waals surface area contributed by atoms with Crippen LogP contribution in [0.1, 0.15) is 45.4 Å². The molecule has 1 aliphatic rings. The Morgan fingerprint density at radius 3 is 2.75 bits per heavy atom. The van der Waals surface area contributed by atoms with Crippen LogP contribution in [0.2, 0.25) is 0 Å². The van der Waals surface area contributed by atoms with E-state index >= 15 is 0 Å². The maximum absolute atomic E-state index is 11.8. The molecule has 106 valence electrons. The van der Waals surface area contributed by atoms with E-state index in [0.29, 0.717) is 5.92 Å². The summed E-state index contributed by atoms with van der Waals surface area (Å²) in [5.41, 5.74) is 2.02. The first-order valence-corrected chi connectivity index (χ1v) is 6.90. The van der Waals surface area contributed by atoms with E-state index in [1.165, 1.54) is 0 Å². The summed E-state index contributed by atoms with van der Waals surface area (Å²) in [7, 11) is 0. The van der Waals surface area contributed by atoms with Gasteiger partial charge in [0.25, 0.3) is 0 Å². The van der Waals surface area contributed by atoms with Crippen LogP contribution in [0.15, 0.2) is 22.6 Å². The standard InChI is InChI=1S/C15H19N3O2/c1-15(2,3)18-14(19)16-10-6-7-12-11(8-10)17-13(20-12)9-4-5-9/h6-9H,4-5H2,1-3H3,(H2,16,18,19). The molecule has 0 saturated heterocycles. The Bertz CT molecular complexity index is 651. The van der Waals surface area contributed by atoms with E-state index in [0.717, 1.165) is 35.5 Å². The Balaban J connectivity index is 1.76. The van der Waals surface area contributed by atoms with Crippen molar-refractivity contribution in [3.8, 4) is 0 Å². The first kappa shape index (κ1) is 13.0. The molecule has 2 N–H and O–H groups in total. The van der Waals surface area contributed by atoms with Gasteiger partial charge in [0.2, 0.25) is 0 Å². The minimum Gasteiger partial charge on any atom is -0.440 e. The van der Waals surface area contributed by atoms with Gasteiger partial charge in [0.1, 0.15) is 5.52 Å². The van der Waals surface area contributed by atoms with Crippen LogP contribution in [-0.4, -0.2) is 16.6 Å². The third kappa shape index (κ3) is 2.92. The molecule has 2 amide bonds. The molecular formula is C15H19N3O2. The predicted molar refractivity (Wildman–Crippen MR) is 77.9 cm³/mol. The van der Waals surface area contributed by atoms with Crippen molar-refractivity contribution in [2.24, 2.45) is 0 Å². The minimum absolute atomic E-state index is 0.220. The van der Waals surface area contributed by atoms with Crippen LogP contribution in [0.25, 0.3) is 11.1 Å². The smallest absolute Gasteiger partial charge is 0.319 e. The predicted octanol–water partition coefficient (Wildman–Crippen LogP) is 3.63. The second kappa shape index (κ2) is 4.51. The second-order valence-electron chi connectivity index (χ2n) is 6.34. The molecule has 1 saturated carbocycles. The number of carbonyl (C=O) groups excluding carboxylic acids is 1. The minimum atomic E-state index is -0.263. The van der Waals surface area contributed by atoms with Crippen molar-refractivity contribution in [1.82, 2.24) is 10.3 Å². The average molecular weight is 273 g/mol. The lowest BCUT2D eigenvalue weighted by Crippen LogP contribution is -2.43. The molecule has 3 rings (SSSR count). The molecule has 1 fully saturated rings. The van der Waals surface area contributed by atoms with Gasteiger partial charge >= 0.3 is 6.03 Å². The fourth-order valence-electron chi connectivity index (χ4n) is 2.03. The number of anilines is 1. The van der Waals surface area contributed by atoms with Gasteiger partial charge in [-0.3, -0.25) is 0 Å². The third-order valence-electron chi connectivity index (χ3n) is 3.08. The number of aromatic nitrogens is 1. The zero-order chi connectivity index (χ0) is 14.3. The largest absolute Gasteiger partial charge is 0.440 e. The number of nitrogens with one attached hydrogen (secondary N) is 2.